The van der Waals surface area contributed by atoms with E-state index in [1.165, 1.54) is 0 Å². The normalized spacial score (nSPS) is 10.2. The van der Waals surface area contributed by atoms with E-state index in [2.05, 4.69) is 5.16 Å². The molecule has 15 heavy (non-hydrogen) atoms. The summed E-state index contributed by atoms with van der Waals surface area (Å²) in [7, 11) is 0. The number of carbonyl (C=O) groups excluding carboxylic acids is 1. The summed E-state index contributed by atoms with van der Waals surface area (Å²) in [5, 5.41) is 3.79. The molecule has 2 rings (SSSR count). The Balaban J connectivity index is 2.29. The van der Waals surface area contributed by atoms with Crippen LogP contribution in [0.15, 0.2) is 40.9 Å². The van der Waals surface area contributed by atoms with E-state index in [1.54, 1.807) is 18.2 Å². The molecule has 0 aliphatic carbocycles. The van der Waals surface area contributed by atoms with Gasteiger partial charge in [-0.2, -0.15) is 0 Å². The number of hydrogen-bond acceptors (Lipinski definition) is 3. The lowest BCUT2D eigenvalue weighted by atomic mass is 10.1. The number of aryl methyl sites for hydroxylation is 1. The highest BCUT2D eigenvalue weighted by Gasteiger charge is 2.13. The average Bonchev–Trinajstić information content (AvgIpc) is 2.78. The predicted octanol–water partition coefficient (Wildman–Crippen LogP) is 2.47. The third kappa shape index (κ3) is 1.96. The Kier molecular flexibility index (Phi) is 2.63. The van der Waals surface area contributed by atoms with Gasteiger partial charge in [0.05, 0.1) is 5.69 Å². The molecular weight excluding hydrogens is 190 g/mol. The van der Waals surface area contributed by atoms with E-state index in [9.17, 15) is 4.79 Å². The van der Waals surface area contributed by atoms with Crippen LogP contribution in [0.25, 0.3) is 0 Å². The number of rotatable bonds is 3. The number of carbonyl (C=O) groups is 1. The maximum absolute atomic E-state index is 11.8. The Bertz CT molecular complexity index is 459. The average molecular weight is 201 g/mol. The second kappa shape index (κ2) is 4.09. The molecule has 3 nitrogen and oxygen atoms in total. The second-order valence-corrected chi connectivity index (χ2v) is 3.23. The molecule has 1 aromatic heterocycles. The molecule has 76 valence electrons. The van der Waals surface area contributed by atoms with Crippen molar-refractivity contribution in [1.82, 2.24) is 5.16 Å². The molecule has 0 saturated heterocycles. The maximum atomic E-state index is 11.8. The standard InChI is InChI=1S/C12H11NO2/c1-2-10-8-11(15-13-10)12(14)9-6-4-3-5-7-9/h3-8H,2H2,1H3. The molecule has 0 radical (unpaired) electrons. The fourth-order valence-corrected chi connectivity index (χ4v) is 1.32. The molecule has 0 spiro atoms. The van der Waals surface area contributed by atoms with E-state index in [0.717, 1.165) is 12.1 Å². The Morgan fingerprint density at radius 1 is 1.33 bits per heavy atom. The van der Waals surface area contributed by atoms with Gasteiger partial charge >= 0.3 is 0 Å². The first-order valence-corrected chi connectivity index (χ1v) is 4.86. The summed E-state index contributed by atoms with van der Waals surface area (Å²) in [6.07, 6.45) is 0.769. The van der Waals surface area contributed by atoms with Crippen molar-refractivity contribution in [2.75, 3.05) is 0 Å². The SMILES string of the molecule is CCc1cc(C(=O)c2ccccc2)on1. The van der Waals surface area contributed by atoms with Crippen molar-refractivity contribution >= 4 is 5.78 Å². The van der Waals surface area contributed by atoms with Crippen LogP contribution in [-0.4, -0.2) is 10.9 Å². The van der Waals surface area contributed by atoms with Gasteiger partial charge in [-0.1, -0.05) is 42.4 Å². The largest absolute Gasteiger partial charge is 0.352 e. The van der Waals surface area contributed by atoms with Gasteiger partial charge in [-0.3, -0.25) is 4.79 Å². The lowest BCUT2D eigenvalue weighted by Gasteiger charge is -1.94. The Labute approximate surface area is 87.7 Å². The fourth-order valence-electron chi connectivity index (χ4n) is 1.32. The minimum absolute atomic E-state index is 0.122. The second-order valence-electron chi connectivity index (χ2n) is 3.23. The Morgan fingerprint density at radius 2 is 2.07 bits per heavy atom. The molecule has 0 unspecified atom stereocenters. The van der Waals surface area contributed by atoms with Crippen LogP contribution in [-0.2, 0) is 6.42 Å². The zero-order chi connectivity index (χ0) is 10.7. The smallest absolute Gasteiger partial charge is 0.231 e. The molecule has 0 aliphatic heterocycles. The Morgan fingerprint density at radius 3 is 2.67 bits per heavy atom. The number of hydrogen-bond donors (Lipinski definition) is 0. The predicted molar refractivity (Wildman–Crippen MR) is 55.8 cm³/mol. The molecule has 1 aromatic carbocycles. The molecule has 2 aromatic rings. The molecule has 3 heteroatoms. The van der Waals surface area contributed by atoms with Crippen LogP contribution in [0, 0.1) is 0 Å². The van der Waals surface area contributed by atoms with E-state index in [4.69, 9.17) is 4.52 Å². The third-order valence-corrected chi connectivity index (χ3v) is 2.18. The summed E-state index contributed by atoms with van der Waals surface area (Å²) in [5.74, 6) is 0.181. The van der Waals surface area contributed by atoms with Gasteiger partial charge < -0.3 is 4.52 Å². The highest BCUT2D eigenvalue weighted by molar-refractivity contribution is 6.07. The van der Waals surface area contributed by atoms with Gasteiger partial charge in [-0.25, -0.2) is 0 Å². The minimum atomic E-state index is -0.122. The van der Waals surface area contributed by atoms with E-state index >= 15 is 0 Å². The first-order chi connectivity index (χ1) is 7.31. The van der Waals surface area contributed by atoms with Crippen molar-refractivity contribution in [2.45, 2.75) is 13.3 Å². The molecule has 0 fully saturated rings. The van der Waals surface area contributed by atoms with Crippen molar-refractivity contribution in [3.05, 3.63) is 53.4 Å². The molecule has 0 aliphatic rings. The van der Waals surface area contributed by atoms with Crippen molar-refractivity contribution in [3.8, 4) is 0 Å². The van der Waals surface area contributed by atoms with Crippen molar-refractivity contribution in [3.63, 3.8) is 0 Å². The molecule has 0 saturated carbocycles. The van der Waals surface area contributed by atoms with Gasteiger partial charge in [0.25, 0.3) is 0 Å². The van der Waals surface area contributed by atoms with Crippen molar-refractivity contribution < 1.29 is 9.32 Å². The first-order valence-electron chi connectivity index (χ1n) is 4.86. The monoisotopic (exact) mass is 201 g/mol. The van der Waals surface area contributed by atoms with E-state index < -0.39 is 0 Å². The number of nitrogens with zero attached hydrogens (tertiary/aromatic N) is 1. The molecule has 1 heterocycles. The van der Waals surface area contributed by atoms with Gasteiger partial charge in [0.2, 0.25) is 11.5 Å². The van der Waals surface area contributed by atoms with Gasteiger partial charge in [0, 0.05) is 11.6 Å². The van der Waals surface area contributed by atoms with E-state index in [0.29, 0.717) is 11.3 Å². The van der Waals surface area contributed by atoms with Crippen LogP contribution in [0.4, 0.5) is 0 Å². The van der Waals surface area contributed by atoms with Crippen LogP contribution in [0.3, 0.4) is 0 Å². The van der Waals surface area contributed by atoms with E-state index in [-0.39, 0.29) is 5.78 Å². The Hall–Kier alpha value is -1.90. The highest BCUT2D eigenvalue weighted by Crippen LogP contribution is 2.11. The van der Waals surface area contributed by atoms with Gasteiger partial charge in [0.15, 0.2) is 0 Å². The maximum Gasteiger partial charge on any atom is 0.231 e. The van der Waals surface area contributed by atoms with Crippen LogP contribution >= 0.6 is 0 Å². The number of aromatic nitrogens is 1. The number of ketones is 1. The first kappa shape index (κ1) is 9.65. The summed E-state index contributed by atoms with van der Waals surface area (Å²) in [6.45, 7) is 1.97. The zero-order valence-electron chi connectivity index (χ0n) is 8.43. The quantitative estimate of drug-likeness (QED) is 0.716. The van der Waals surface area contributed by atoms with Crippen LogP contribution in [0.2, 0.25) is 0 Å². The molecule has 0 bridgehead atoms. The summed E-state index contributed by atoms with van der Waals surface area (Å²) in [4.78, 5) is 11.8. The zero-order valence-corrected chi connectivity index (χ0v) is 8.43. The molecular formula is C12H11NO2. The third-order valence-electron chi connectivity index (χ3n) is 2.18. The van der Waals surface area contributed by atoms with Crippen molar-refractivity contribution in [1.29, 1.82) is 0 Å². The lowest BCUT2D eigenvalue weighted by Crippen LogP contribution is -1.98. The van der Waals surface area contributed by atoms with Crippen LogP contribution < -0.4 is 0 Å². The summed E-state index contributed by atoms with van der Waals surface area (Å²) in [6, 6.07) is 10.7. The number of benzene rings is 1. The summed E-state index contributed by atoms with van der Waals surface area (Å²) in [5.41, 5.74) is 1.42. The highest BCUT2D eigenvalue weighted by atomic mass is 16.5. The summed E-state index contributed by atoms with van der Waals surface area (Å²) >= 11 is 0. The van der Waals surface area contributed by atoms with Crippen LogP contribution in [0.5, 0.6) is 0 Å². The van der Waals surface area contributed by atoms with E-state index in [1.807, 2.05) is 25.1 Å². The fraction of sp³-hybridized carbons (Fsp3) is 0.167. The van der Waals surface area contributed by atoms with Crippen LogP contribution in [0.1, 0.15) is 28.7 Å². The topological polar surface area (TPSA) is 43.1 Å². The lowest BCUT2D eigenvalue weighted by molar-refractivity contribution is 0.100. The van der Waals surface area contributed by atoms with Gasteiger partial charge in [-0.05, 0) is 6.42 Å². The molecule has 0 amide bonds. The molecule has 0 atom stereocenters. The van der Waals surface area contributed by atoms with Crippen molar-refractivity contribution in [2.24, 2.45) is 0 Å². The summed E-state index contributed by atoms with van der Waals surface area (Å²) < 4.78 is 4.97. The molecule has 0 N–H and O–H groups in total. The van der Waals surface area contributed by atoms with Gasteiger partial charge in [0.1, 0.15) is 0 Å². The van der Waals surface area contributed by atoms with Gasteiger partial charge in [-0.15, -0.1) is 0 Å². The minimum Gasteiger partial charge on any atom is -0.352 e.